The van der Waals surface area contributed by atoms with E-state index in [0.717, 1.165) is 16.9 Å². The highest BCUT2D eigenvalue weighted by molar-refractivity contribution is 5.97. The smallest absolute Gasteiger partial charge is 0.254 e. The van der Waals surface area contributed by atoms with Gasteiger partial charge in [0, 0.05) is 31.5 Å². The number of likely N-dealkylation sites (tertiary alicyclic amines) is 1. The highest BCUT2D eigenvalue weighted by atomic mass is 16.5. The van der Waals surface area contributed by atoms with Crippen LogP contribution >= 0.6 is 0 Å². The first-order chi connectivity index (χ1) is 13.2. The molecule has 0 atom stereocenters. The van der Waals surface area contributed by atoms with Crippen LogP contribution in [0.1, 0.15) is 15.9 Å². The molecular weight excluding hydrogens is 340 g/mol. The second kappa shape index (κ2) is 7.25. The average Bonchev–Trinajstić information content (AvgIpc) is 2.68. The maximum Gasteiger partial charge on any atom is 0.254 e. The van der Waals surface area contributed by atoms with Gasteiger partial charge in [-0.25, -0.2) is 4.99 Å². The SMILES string of the molecule is COC1CN(C(=O)c2ccc(C3=CN=C(N)CN3c3ccccc3)cc2)C1. The quantitative estimate of drug-likeness (QED) is 0.906. The van der Waals surface area contributed by atoms with Gasteiger partial charge in [-0.1, -0.05) is 30.3 Å². The second-order valence-corrected chi connectivity index (χ2v) is 6.70. The Bertz CT molecular complexity index is 884. The monoisotopic (exact) mass is 362 g/mol. The third-order valence-corrected chi connectivity index (χ3v) is 4.93. The third-order valence-electron chi connectivity index (χ3n) is 4.93. The zero-order valence-electron chi connectivity index (χ0n) is 15.2. The van der Waals surface area contributed by atoms with Crippen LogP contribution in [0.5, 0.6) is 0 Å². The van der Waals surface area contributed by atoms with Crippen LogP contribution in [0, 0.1) is 0 Å². The number of ether oxygens (including phenoxy) is 1. The molecule has 1 saturated heterocycles. The number of hydrogen-bond donors (Lipinski definition) is 1. The molecule has 1 amide bonds. The van der Waals surface area contributed by atoms with Crippen LogP contribution in [0.3, 0.4) is 0 Å². The molecule has 6 nitrogen and oxygen atoms in total. The van der Waals surface area contributed by atoms with Gasteiger partial charge in [0.15, 0.2) is 0 Å². The van der Waals surface area contributed by atoms with Gasteiger partial charge in [-0.15, -0.1) is 0 Å². The molecule has 0 bridgehead atoms. The Balaban J connectivity index is 1.56. The number of amidine groups is 1. The maximum atomic E-state index is 12.5. The number of methoxy groups -OCH3 is 1. The Labute approximate surface area is 158 Å². The Hall–Kier alpha value is -3.12. The van der Waals surface area contributed by atoms with E-state index in [4.69, 9.17) is 10.5 Å². The summed E-state index contributed by atoms with van der Waals surface area (Å²) in [6.45, 7) is 1.83. The normalized spacial score (nSPS) is 17.2. The summed E-state index contributed by atoms with van der Waals surface area (Å²) in [6, 6.07) is 17.7. The number of aliphatic imine (C=N–C) groups is 1. The van der Waals surface area contributed by atoms with Crippen molar-refractivity contribution in [2.45, 2.75) is 6.10 Å². The van der Waals surface area contributed by atoms with E-state index in [-0.39, 0.29) is 12.0 Å². The van der Waals surface area contributed by atoms with E-state index in [0.29, 0.717) is 31.0 Å². The minimum Gasteiger partial charge on any atom is -0.386 e. The molecule has 0 unspecified atom stereocenters. The van der Waals surface area contributed by atoms with Crippen molar-refractivity contribution in [2.24, 2.45) is 10.7 Å². The minimum absolute atomic E-state index is 0.0367. The second-order valence-electron chi connectivity index (χ2n) is 6.70. The molecule has 2 N–H and O–H groups in total. The first kappa shape index (κ1) is 17.3. The Kier molecular flexibility index (Phi) is 4.64. The van der Waals surface area contributed by atoms with Gasteiger partial charge in [0.1, 0.15) is 5.84 Å². The third kappa shape index (κ3) is 3.44. The molecule has 2 aromatic rings. The summed E-state index contributed by atoms with van der Waals surface area (Å²) < 4.78 is 5.23. The largest absolute Gasteiger partial charge is 0.386 e. The van der Waals surface area contributed by atoms with E-state index < -0.39 is 0 Å². The maximum absolute atomic E-state index is 12.5. The van der Waals surface area contributed by atoms with Crippen molar-refractivity contribution in [3.05, 3.63) is 71.9 Å². The fourth-order valence-electron chi connectivity index (χ4n) is 3.29. The summed E-state index contributed by atoms with van der Waals surface area (Å²) in [6.07, 6.45) is 1.93. The zero-order chi connectivity index (χ0) is 18.8. The molecule has 0 spiro atoms. The molecule has 0 aromatic heterocycles. The van der Waals surface area contributed by atoms with Crippen LogP contribution in [0.15, 0.2) is 65.8 Å². The standard InChI is InChI=1S/C21H22N4O2/c1-27-18-12-24(13-18)21(26)16-9-7-15(8-10-16)19-11-23-20(22)14-25(19)17-5-3-2-4-6-17/h2-11,18H,12-14H2,1H3,(H2,22,23). The van der Waals surface area contributed by atoms with Crippen LogP contribution in [-0.2, 0) is 4.74 Å². The highest BCUT2D eigenvalue weighted by Crippen LogP contribution is 2.28. The molecule has 4 rings (SSSR count). The number of carbonyl (C=O) groups excluding carboxylic acids is 1. The van der Waals surface area contributed by atoms with Crippen molar-refractivity contribution in [1.82, 2.24) is 4.90 Å². The van der Waals surface area contributed by atoms with Gasteiger partial charge < -0.3 is 20.3 Å². The fourth-order valence-corrected chi connectivity index (χ4v) is 3.29. The number of para-hydroxylation sites is 1. The molecule has 2 heterocycles. The molecule has 2 aromatic carbocycles. The molecular formula is C21H22N4O2. The van der Waals surface area contributed by atoms with Crippen LogP contribution in [0.25, 0.3) is 5.70 Å². The lowest BCUT2D eigenvalue weighted by Gasteiger charge is -2.38. The molecule has 138 valence electrons. The van der Waals surface area contributed by atoms with Crippen LogP contribution in [0.4, 0.5) is 5.69 Å². The van der Waals surface area contributed by atoms with E-state index in [9.17, 15) is 4.79 Å². The Morgan fingerprint density at radius 2 is 1.81 bits per heavy atom. The van der Waals surface area contributed by atoms with Crippen molar-refractivity contribution in [2.75, 3.05) is 31.6 Å². The number of hydrogen-bond acceptors (Lipinski definition) is 5. The van der Waals surface area contributed by atoms with E-state index >= 15 is 0 Å². The number of amides is 1. The number of rotatable bonds is 4. The molecule has 0 radical (unpaired) electrons. The molecule has 6 heteroatoms. The van der Waals surface area contributed by atoms with Gasteiger partial charge in [-0.05, 0) is 29.8 Å². The van der Waals surface area contributed by atoms with Crippen molar-refractivity contribution >= 4 is 23.1 Å². The van der Waals surface area contributed by atoms with Crippen molar-refractivity contribution < 1.29 is 9.53 Å². The van der Waals surface area contributed by atoms with Gasteiger partial charge in [-0.2, -0.15) is 0 Å². The van der Waals surface area contributed by atoms with Crippen LogP contribution in [-0.4, -0.2) is 49.5 Å². The number of nitrogens with zero attached hydrogens (tertiary/aromatic N) is 3. The van der Waals surface area contributed by atoms with Crippen molar-refractivity contribution in [3.63, 3.8) is 0 Å². The number of anilines is 1. The minimum atomic E-state index is 0.0367. The van der Waals surface area contributed by atoms with Gasteiger partial charge in [0.25, 0.3) is 5.91 Å². The number of benzene rings is 2. The average molecular weight is 362 g/mol. The summed E-state index contributed by atoms with van der Waals surface area (Å²) in [4.78, 5) is 20.7. The molecule has 2 aliphatic heterocycles. The van der Waals surface area contributed by atoms with Gasteiger partial charge in [0.2, 0.25) is 0 Å². The summed E-state index contributed by atoms with van der Waals surface area (Å²) in [7, 11) is 1.67. The van der Waals surface area contributed by atoms with E-state index in [1.165, 1.54) is 0 Å². The van der Waals surface area contributed by atoms with Gasteiger partial charge in [-0.3, -0.25) is 4.79 Å². The van der Waals surface area contributed by atoms with E-state index in [1.54, 1.807) is 18.2 Å². The summed E-state index contributed by atoms with van der Waals surface area (Å²) in [5.41, 5.74) is 9.62. The molecule has 0 aliphatic carbocycles. The summed E-state index contributed by atoms with van der Waals surface area (Å²) in [5.74, 6) is 0.606. The predicted molar refractivity (Wildman–Crippen MR) is 107 cm³/mol. The molecule has 0 saturated carbocycles. The number of carbonyl (C=O) groups is 1. The highest BCUT2D eigenvalue weighted by Gasteiger charge is 2.31. The van der Waals surface area contributed by atoms with E-state index in [1.807, 2.05) is 54.6 Å². The lowest BCUT2D eigenvalue weighted by atomic mass is 10.0. The van der Waals surface area contributed by atoms with Crippen LogP contribution < -0.4 is 10.6 Å². The molecule has 2 aliphatic rings. The lowest BCUT2D eigenvalue weighted by Crippen LogP contribution is -2.54. The summed E-state index contributed by atoms with van der Waals surface area (Å²) >= 11 is 0. The van der Waals surface area contributed by atoms with Gasteiger partial charge >= 0.3 is 0 Å². The first-order valence-electron chi connectivity index (χ1n) is 8.93. The zero-order valence-corrected chi connectivity index (χ0v) is 15.2. The number of nitrogens with two attached hydrogens (primary N) is 1. The Morgan fingerprint density at radius 1 is 1.11 bits per heavy atom. The topological polar surface area (TPSA) is 71.2 Å². The molecule has 1 fully saturated rings. The Morgan fingerprint density at radius 3 is 2.48 bits per heavy atom. The van der Waals surface area contributed by atoms with Crippen molar-refractivity contribution in [1.29, 1.82) is 0 Å². The predicted octanol–water partition coefficient (Wildman–Crippen LogP) is 2.33. The molecule has 27 heavy (non-hydrogen) atoms. The lowest BCUT2D eigenvalue weighted by molar-refractivity contribution is -0.0191. The summed E-state index contributed by atoms with van der Waals surface area (Å²) in [5, 5.41) is 0. The van der Waals surface area contributed by atoms with Gasteiger partial charge in [0.05, 0.1) is 24.5 Å². The first-order valence-corrected chi connectivity index (χ1v) is 8.93. The van der Waals surface area contributed by atoms with E-state index in [2.05, 4.69) is 9.89 Å². The van der Waals surface area contributed by atoms with Crippen LogP contribution in [0.2, 0.25) is 0 Å². The fraction of sp³-hybridized carbons (Fsp3) is 0.238. The van der Waals surface area contributed by atoms with Crippen molar-refractivity contribution in [3.8, 4) is 0 Å².